The number of hydrogen-bond donors (Lipinski definition) is 0. The maximum atomic E-state index is 12.0. The first kappa shape index (κ1) is 13.6. The summed E-state index contributed by atoms with van der Waals surface area (Å²) in [7, 11) is 2.01. The summed E-state index contributed by atoms with van der Waals surface area (Å²) in [4.78, 5) is 16.3. The molecule has 0 radical (unpaired) electrons. The number of esters is 1. The lowest BCUT2D eigenvalue weighted by molar-refractivity contribution is 0.0493. The van der Waals surface area contributed by atoms with Gasteiger partial charge in [0.25, 0.3) is 0 Å². The summed E-state index contributed by atoms with van der Waals surface area (Å²) in [5.74, 6) is -0.349. The smallest absolute Gasteiger partial charge is 0.356 e. The highest BCUT2D eigenvalue weighted by Crippen LogP contribution is 2.27. The molecule has 3 aromatic rings. The second-order valence-electron chi connectivity index (χ2n) is 5.15. The van der Waals surface area contributed by atoms with Crippen molar-refractivity contribution < 1.29 is 9.53 Å². The first-order valence-corrected chi connectivity index (χ1v) is 7.22. The van der Waals surface area contributed by atoms with Gasteiger partial charge >= 0.3 is 5.97 Å². The molecule has 0 saturated carbocycles. The van der Waals surface area contributed by atoms with E-state index in [0.29, 0.717) is 12.3 Å². The van der Waals surface area contributed by atoms with Crippen LogP contribution in [0.15, 0.2) is 36.5 Å². The third-order valence-electron chi connectivity index (χ3n) is 3.74. The number of fused-ring (bicyclic) bond motifs is 3. The highest BCUT2D eigenvalue weighted by molar-refractivity contribution is 6.09. The van der Waals surface area contributed by atoms with Gasteiger partial charge in [-0.05, 0) is 18.6 Å². The van der Waals surface area contributed by atoms with E-state index < -0.39 is 0 Å². The zero-order valence-corrected chi connectivity index (χ0v) is 12.3. The minimum absolute atomic E-state index is 0.349. The molecule has 0 spiro atoms. The molecular formula is C17H18N2O2. The molecular weight excluding hydrogens is 264 g/mol. The molecule has 2 aromatic heterocycles. The van der Waals surface area contributed by atoms with Crippen LogP contribution in [0.2, 0.25) is 0 Å². The molecule has 0 aliphatic heterocycles. The molecule has 4 nitrogen and oxygen atoms in total. The molecule has 0 fully saturated rings. The van der Waals surface area contributed by atoms with Crippen LogP contribution in [0, 0.1) is 0 Å². The molecule has 2 heterocycles. The Morgan fingerprint density at radius 2 is 2.05 bits per heavy atom. The molecule has 3 rings (SSSR count). The fraction of sp³-hybridized carbons (Fsp3) is 0.294. The van der Waals surface area contributed by atoms with Crippen molar-refractivity contribution in [2.45, 2.75) is 19.8 Å². The monoisotopic (exact) mass is 282 g/mol. The van der Waals surface area contributed by atoms with Gasteiger partial charge in [-0.1, -0.05) is 31.5 Å². The van der Waals surface area contributed by atoms with E-state index in [1.165, 1.54) is 0 Å². The van der Waals surface area contributed by atoms with Gasteiger partial charge in [-0.15, -0.1) is 0 Å². The van der Waals surface area contributed by atoms with Crippen molar-refractivity contribution in [1.29, 1.82) is 0 Å². The Morgan fingerprint density at radius 3 is 2.86 bits per heavy atom. The van der Waals surface area contributed by atoms with E-state index in [1.54, 1.807) is 6.20 Å². The minimum atomic E-state index is -0.349. The van der Waals surface area contributed by atoms with E-state index in [-0.39, 0.29) is 5.97 Å². The Morgan fingerprint density at radius 1 is 1.24 bits per heavy atom. The van der Waals surface area contributed by atoms with Crippen molar-refractivity contribution >= 4 is 27.8 Å². The Hall–Kier alpha value is -2.36. The van der Waals surface area contributed by atoms with Gasteiger partial charge in [0.1, 0.15) is 5.69 Å². The summed E-state index contributed by atoms with van der Waals surface area (Å²) >= 11 is 0. The van der Waals surface area contributed by atoms with Crippen LogP contribution in [0.3, 0.4) is 0 Å². The lowest BCUT2D eigenvalue weighted by Crippen LogP contribution is -2.08. The fourth-order valence-corrected chi connectivity index (χ4v) is 2.55. The number of nitrogens with zero attached hydrogens (tertiary/aromatic N) is 2. The first-order chi connectivity index (χ1) is 10.2. The second kappa shape index (κ2) is 5.56. The number of para-hydroxylation sites is 1. The Kier molecular flexibility index (Phi) is 3.60. The molecule has 0 unspecified atom stereocenters. The zero-order valence-electron chi connectivity index (χ0n) is 12.3. The van der Waals surface area contributed by atoms with E-state index >= 15 is 0 Å². The number of aryl methyl sites for hydroxylation is 1. The summed E-state index contributed by atoms with van der Waals surface area (Å²) < 4.78 is 7.32. The van der Waals surface area contributed by atoms with Crippen LogP contribution < -0.4 is 0 Å². The van der Waals surface area contributed by atoms with Crippen LogP contribution >= 0.6 is 0 Å². The molecule has 0 N–H and O–H groups in total. The van der Waals surface area contributed by atoms with Crippen molar-refractivity contribution in [2.24, 2.45) is 7.05 Å². The van der Waals surface area contributed by atoms with Crippen LogP contribution in [0.1, 0.15) is 30.3 Å². The summed E-state index contributed by atoms with van der Waals surface area (Å²) in [5, 5.41) is 2.16. The molecule has 0 saturated heterocycles. The number of unbranched alkanes of at least 4 members (excludes halogenated alkanes) is 1. The summed E-state index contributed by atoms with van der Waals surface area (Å²) in [6.07, 6.45) is 3.62. The topological polar surface area (TPSA) is 44.1 Å². The van der Waals surface area contributed by atoms with E-state index in [4.69, 9.17) is 4.74 Å². The van der Waals surface area contributed by atoms with Crippen LogP contribution in [0.4, 0.5) is 0 Å². The molecule has 0 aliphatic rings. The predicted molar refractivity (Wildman–Crippen MR) is 83.4 cm³/mol. The van der Waals surface area contributed by atoms with Crippen molar-refractivity contribution in [3.8, 4) is 0 Å². The predicted octanol–water partition coefficient (Wildman–Crippen LogP) is 3.68. The molecule has 0 atom stereocenters. The maximum absolute atomic E-state index is 12.0. The highest BCUT2D eigenvalue weighted by atomic mass is 16.5. The van der Waals surface area contributed by atoms with Gasteiger partial charge in [0.15, 0.2) is 0 Å². The highest BCUT2D eigenvalue weighted by Gasteiger charge is 2.13. The minimum Gasteiger partial charge on any atom is -0.461 e. The third kappa shape index (κ3) is 2.37. The summed E-state index contributed by atoms with van der Waals surface area (Å²) in [5.41, 5.74) is 2.52. The van der Waals surface area contributed by atoms with Crippen LogP contribution in [0.25, 0.3) is 21.8 Å². The standard InChI is InChI=1S/C17H18N2O2/c1-3-4-9-21-17(20)14-10-13-12-7-5-6-8-15(12)19(2)16(13)11-18-14/h5-8,10-11H,3-4,9H2,1-2H3. The molecule has 4 heteroatoms. The SMILES string of the molecule is CCCCOC(=O)c1cc2c3ccccc3n(C)c2cn1. The van der Waals surface area contributed by atoms with Crippen LogP contribution in [-0.2, 0) is 11.8 Å². The largest absolute Gasteiger partial charge is 0.461 e. The number of hydrogen-bond acceptors (Lipinski definition) is 3. The molecule has 0 bridgehead atoms. The quantitative estimate of drug-likeness (QED) is 0.541. The fourth-order valence-electron chi connectivity index (χ4n) is 2.55. The van der Waals surface area contributed by atoms with E-state index in [1.807, 2.05) is 25.2 Å². The first-order valence-electron chi connectivity index (χ1n) is 7.22. The third-order valence-corrected chi connectivity index (χ3v) is 3.74. The summed E-state index contributed by atoms with van der Waals surface area (Å²) in [6.45, 7) is 2.51. The molecule has 0 aliphatic carbocycles. The van der Waals surface area contributed by atoms with E-state index in [2.05, 4.69) is 28.6 Å². The Labute approximate surface area is 123 Å². The number of rotatable bonds is 4. The molecule has 1 aromatic carbocycles. The van der Waals surface area contributed by atoms with Crippen molar-refractivity contribution in [3.05, 3.63) is 42.2 Å². The van der Waals surface area contributed by atoms with Crippen molar-refractivity contribution in [3.63, 3.8) is 0 Å². The number of ether oxygens (including phenoxy) is 1. The van der Waals surface area contributed by atoms with E-state index in [0.717, 1.165) is 34.6 Å². The Balaban J connectivity index is 2.03. The van der Waals surface area contributed by atoms with E-state index in [9.17, 15) is 4.79 Å². The average molecular weight is 282 g/mol. The van der Waals surface area contributed by atoms with Gasteiger partial charge in [0.2, 0.25) is 0 Å². The van der Waals surface area contributed by atoms with Gasteiger partial charge in [0.05, 0.1) is 18.3 Å². The number of benzene rings is 1. The van der Waals surface area contributed by atoms with Gasteiger partial charge in [-0.25, -0.2) is 9.78 Å². The normalized spacial score (nSPS) is 11.1. The maximum Gasteiger partial charge on any atom is 0.356 e. The molecule has 21 heavy (non-hydrogen) atoms. The Bertz CT molecular complexity index is 805. The molecule has 108 valence electrons. The van der Waals surface area contributed by atoms with Gasteiger partial charge in [-0.3, -0.25) is 0 Å². The summed E-state index contributed by atoms with van der Waals surface area (Å²) in [6, 6.07) is 9.96. The van der Waals surface area contributed by atoms with Crippen molar-refractivity contribution in [1.82, 2.24) is 9.55 Å². The van der Waals surface area contributed by atoms with Gasteiger partial charge in [0, 0.05) is 23.3 Å². The number of aromatic nitrogens is 2. The van der Waals surface area contributed by atoms with Crippen LogP contribution in [0.5, 0.6) is 0 Å². The van der Waals surface area contributed by atoms with Gasteiger partial charge in [-0.2, -0.15) is 0 Å². The number of pyridine rings is 1. The average Bonchev–Trinajstić information content (AvgIpc) is 2.81. The van der Waals surface area contributed by atoms with Crippen LogP contribution in [-0.4, -0.2) is 22.1 Å². The zero-order chi connectivity index (χ0) is 14.8. The van der Waals surface area contributed by atoms with Crippen molar-refractivity contribution in [2.75, 3.05) is 6.61 Å². The lowest BCUT2D eigenvalue weighted by atomic mass is 10.1. The second-order valence-corrected chi connectivity index (χ2v) is 5.15. The lowest BCUT2D eigenvalue weighted by Gasteiger charge is -2.03. The number of carbonyl (C=O) groups excluding carboxylic acids is 1. The molecule has 0 amide bonds. The van der Waals surface area contributed by atoms with Gasteiger partial charge < -0.3 is 9.30 Å². The number of carbonyl (C=O) groups is 1.